The summed E-state index contributed by atoms with van der Waals surface area (Å²) in [4.78, 5) is 24.1. The maximum atomic E-state index is 12.1. The highest BCUT2D eigenvalue weighted by Crippen LogP contribution is 2.55. The van der Waals surface area contributed by atoms with Gasteiger partial charge in [0, 0.05) is 11.5 Å². The molecule has 2 N–H and O–H groups in total. The van der Waals surface area contributed by atoms with Crippen LogP contribution in [0.2, 0.25) is 0 Å². The molecular weight excluding hydrogens is 252 g/mol. The Labute approximate surface area is 118 Å². The third kappa shape index (κ3) is 2.42. The van der Waals surface area contributed by atoms with E-state index in [0.717, 1.165) is 18.4 Å². The van der Waals surface area contributed by atoms with Crippen LogP contribution in [0.5, 0.6) is 0 Å². The quantitative estimate of drug-likeness (QED) is 0.811. The molecule has 4 nitrogen and oxygen atoms in total. The first-order valence-electron chi connectivity index (χ1n) is 7.34. The van der Waals surface area contributed by atoms with Crippen LogP contribution in [0, 0.1) is 24.7 Å². The minimum atomic E-state index is -0.250. The van der Waals surface area contributed by atoms with Crippen LogP contribution < -0.4 is 10.9 Å². The number of amides is 2. The Morgan fingerprint density at radius 3 is 2.35 bits per heavy atom. The van der Waals surface area contributed by atoms with Crippen LogP contribution in [0.3, 0.4) is 0 Å². The summed E-state index contributed by atoms with van der Waals surface area (Å²) in [5.41, 5.74) is 6.62. The van der Waals surface area contributed by atoms with E-state index >= 15 is 0 Å². The van der Waals surface area contributed by atoms with Gasteiger partial charge in [0.15, 0.2) is 0 Å². The molecule has 2 fully saturated rings. The van der Waals surface area contributed by atoms with E-state index in [0.29, 0.717) is 17.4 Å². The predicted molar refractivity (Wildman–Crippen MR) is 75.7 cm³/mol. The Balaban J connectivity index is 1.54. The number of carbonyl (C=O) groups is 2. The fraction of sp³-hybridized carbons (Fsp3) is 0.500. The molecule has 0 spiro atoms. The molecule has 2 aliphatic carbocycles. The third-order valence-corrected chi connectivity index (χ3v) is 4.65. The SMILES string of the molecule is Cc1ccccc1C(=O)NNC(=O)C1C2CCCCC21. The Morgan fingerprint density at radius 1 is 1.05 bits per heavy atom. The topological polar surface area (TPSA) is 58.2 Å². The van der Waals surface area contributed by atoms with Gasteiger partial charge in [0.25, 0.3) is 5.91 Å². The highest BCUT2D eigenvalue weighted by atomic mass is 16.2. The molecule has 0 heterocycles. The number of hydrogen-bond acceptors (Lipinski definition) is 2. The molecule has 4 heteroatoms. The van der Waals surface area contributed by atoms with Gasteiger partial charge in [0.2, 0.25) is 5.91 Å². The zero-order valence-corrected chi connectivity index (χ0v) is 11.7. The number of fused-ring (bicyclic) bond motifs is 1. The van der Waals surface area contributed by atoms with E-state index in [1.165, 1.54) is 12.8 Å². The van der Waals surface area contributed by atoms with E-state index in [1.807, 2.05) is 25.1 Å². The van der Waals surface area contributed by atoms with Crippen molar-refractivity contribution in [2.45, 2.75) is 32.6 Å². The summed E-state index contributed by atoms with van der Waals surface area (Å²) < 4.78 is 0. The van der Waals surface area contributed by atoms with E-state index in [9.17, 15) is 9.59 Å². The van der Waals surface area contributed by atoms with Gasteiger partial charge in [-0.2, -0.15) is 0 Å². The molecule has 106 valence electrons. The Morgan fingerprint density at radius 2 is 1.70 bits per heavy atom. The van der Waals surface area contributed by atoms with Gasteiger partial charge in [-0.25, -0.2) is 0 Å². The van der Waals surface area contributed by atoms with Gasteiger partial charge in [0.05, 0.1) is 0 Å². The Bertz CT molecular complexity index is 529. The van der Waals surface area contributed by atoms with E-state index in [1.54, 1.807) is 6.07 Å². The van der Waals surface area contributed by atoms with Crippen LogP contribution in [-0.2, 0) is 4.79 Å². The molecule has 2 aliphatic rings. The summed E-state index contributed by atoms with van der Waals surface area (Å²) in [6.07, 6.45) is 4.80. The number of hydrazine groups is 1. The Hall–Kier alpha value is -1.84. The minimum absolute atomic E-state index is 0.0242. The number of carbonyl (C=O) groups excluding carboxylic acids is 2. The first-order chi connectivity index (χ1) is 9.68. The molecule has 0 saturated heterocycles. The van der Waals surface area contributed by atoms with Crippen LogP contribution in [0.25, 0.3) is 0 Å². The van der Waals surface area contributed by atoms with Crippen LogP contribution in [0.1, 0.15) is 41.6 Å². The van der Waals surface area contributed by atoms with Gasteiger partial charge in [-0.05, 0) is 43.2 Å². The smallest absolute Gasteiger partial charge is 0.269 e. The van der Waals surface area contributed by atoms with E-state index < -0.39 is 0 Å². The van der Waals surface area contributed by atoms with Gasteiger partial charge in [-0.15, -0.1) is 0 Å². The summed E-state index contributed by atoms with van der Waals surface area (Å²) in [5, 5.41) is 0. The van der Waals surface area contributed by atoms with Gasteiger partial charge in [-0.3, -0.25) is 20.4 Å². The van der Waals surface area contributed by atoms with Crippen molar-refractivity contribution in [3.63, 3.8) is 0 Å². The van der Waals surface area contributed by atoms with Crippen molar-refractivity contribution >= 4 is 11.8 Å². The molecule has 0 bridgehead atoms. The maximum absolute atomic E-state index is 12.1. The second-order valence-corrected chi connectivity index (χ2v) is 5.90. The lowest BCUT2D eigenvalue weighted by atomic mass is 10.0. The van der Waals surface area contributed by atoms with Gasteiger partial charge in [-0.1, -0.05) is 31.0 Å². The summed E-state index contributed by atoms with van der Waals surface area (Å²) in [6.45, 7) is 1.88. The van der Waals surface area contributed by atoms with Crippen molar-refractivity contribution in [2.75, 3.05) is 0 Å². The molecule has 2 amide bonds. The molecule has 0 radical (unpaired) electrons. The number of aryl methyl sites for hydroxylation is 1. The first-order valence-corrected chi connectivity index (χ1v) is 7.34. The van der Waals surface area contributed by atoms with E-state index in [-0.39, 0.29) is 17.7 Å². The van der Waals surface area contributed by atoms with Crippen LogP contribution >= 0.6 is 0 Å². The number of rotatable bonds is 2. The van der Waals surface area contributed by atoms with Crippen molar-refractivity contribution in [3.8, 4) is 0 Å². The monoisotopic (exact) mass is 272 g/mol. The largest absolute Gasteiger partial charge is 0.273 e. The van der Waals surface area contributed by atoms with Crippen LogP contribution in [0.15, 0.2) is 24.3 Å². The summed E-state index contributed by atoms with van der Waals surface area (Å²) in [7, 11) is 0. The van der Waals surface area contributed by atoms with Gasteiger partial charge < -0.3 is 0 Å². The van der Waals surface area contributed by atoms with Crippen molar-refractivity contribution in [1.29, 1.82) is 0 Å². The number of nitrogens with one attached hydrogen (secondary N) is 2. The lowest BCUT2D eigenvalue weighted by Crippen LogP contribution is -2.43. The fourth-order valence-corrected chi connectivity index (χ4v) is 3.48. The molecule has 2 unspecified atom stereocenters. The molecule has 20 heavy (non-hydrogen) atoms. The fourth-order valence-electron chi connectivity index (χ4n) is 3.48. The molecule has 3 rings (SSSR count). The summed E-state index contributed by atoms with van der Waals surface area (Å²) >= 11 is 0. The zero-order chi connectivity index (χ0) is 14.1. The minimum Gasteiger partial charge on any atom is -0.273 e. The van der Waals surface area contributed by atoms with Crippen LogP contribution in [-0.4, -0.2) is 11.8 Å². The average Bonchev–Trinajstić information content (AvgIpc) is 3.19. The predicted octanol–water partition coefficient (Wildman–Crippen LogP) is 2.19. The highest BCUT2D eigenvalue weighted by molar-refractivity contribution is 5.97. The molecule has 1 aromatic carbocycles. The average molecular weight is 272 g/mol. The van der Waals surface area contributed by atoms with Crippen molar-refractivity contribution in [3.05, 3.63) is 35.4 Å². The normalized spacial score (nSPS) is 27.4. The second kappa shape index (κ2) is 5.27. The zero-order valence-electron chi connectivity index (χ0n) is 11.7. The molecule has 1 aromatic rings. The van der Waals surface area contributed by atoms with Crippen molar-refractivity contribution < 1.29 is 9.59 Å². The van der Waals surface area contributed by atoms with Gasteiger partial charge >= 0.3 is 0 Å². The van der Waals surface area contributed by atoms with E-state index in [4.69, 9.17) is 0 Å². The molecule has 2 atom stereocenters. The second-order valence-electron chi connectivity index (χ2n) is 5.90. The van der Waals surface area contributed by atoms with Crippen molar-refractivity contribution in [1.82, 2.24) is 10.9 Å². The first kappa shape index (κ1) is 13.2. The molecule has 2 saturated carbocycles. The lowest BCUT2D eigenvalue weighted by Gasteiger charge is -2.08. The highest BCUT2D eigenvalue weighted by Gasteiger charge is 2.54. The van der Waals surface area contributed by atoms with Crippen LogP contribution in [0.4, 0.5) is 0 Å². The number of hydrogen-bond donors (Lipinski definition) is 2. The molecule has 0 aromatic heterocycles. The maximum Gasteiger partial charge on any atom is 0.269 e. The summed E-state index contributed by atoms with van der Waals surface area (Å²) in [6, 6.07) is 7.35. The lowest BCUT2D eigenvalue weighted by molar-refractivity contribution is -0.123. The third-order valence-electron chi connectivity index (χ3n) is 4.65. The number of benzene rings is 1. The Kier molecular flexibility index (Phi) is 3.47. The van der Waals surface area contributed by atoms with Crippen molar-refractivity contribution in [2.24, 2.45) is 17.8 Å². The molecule has 0 aliphatic heterocycles. The van der Waals surface area contributed by atoms with Gasteiger partial charge in [0.1, 0.15) is 0 Å². The standard InChI is InChI=1S/C16H20N2O2/c1-10-6-2-3-7-11(10)15(19)17-18-16(20)14-12-8-4-5-9-13(12)14/h2-3,6-7,12-14H,4-5,8-9H2,1H3,(H,17,19)(H,18,20). The summed E-state index contributed by atoms with van der Waals surface area (Å²) in [5.74, 6) is 0.955. The van der Waals surface area contributed by atoms with E-state index in [2.05, 4.69) is 10.9 Å². The molecular formula is C16H20N2O2.